The van der Waals surface area contributed by atoms with Gasteiger partial charge in [-0.15, -0.1) is 9.24 Å². The Hall–Kier alpha value is -1.86. The van der Waals surface area contributed by atoms with E-state index >= 15 is 0 Å². The van der Waals surface area contributed by atoms with E-state index in [0.717, 1.165) is 35.6 Å². The van der Waals surface area contributed by atoms with Gasteiger partial charge in [-0.2, -0.15) is 0 Å². The number of hydrogen-bond acceptors (Lipinski definition) is 2. The van der Waals surface area contributed by atoms with Crippen molar-refractivity contribution in [3.8, 4) is 0 Å². The van der Waals surface area contributed by atoms with Crippen LogP contribution in [-0.2, 0) is 6.42 Å². The molecule has 1 unspecified atom stereocenters. The predicted octanol–water partition coefficient (Wildman–Crippen LogP) is 5.11. The maximum Gasteiger partial charge on any atom is 0.210 e. The number of nitrogens with one attached hydrogen (secondary N) is 2. The van der Waals surface area contributed by atoms with Crippen LogP contribution in [0.1, 0.15) is 60.1 Å². The SMILES string of the molecule is C=C/C(C(=O)c1cc2cc(C3CC3)c(CCCP)cc2[nH]1)=C(\CC)NC. The number of aryl methyl sites for hydroxylation is 1. The molecule has 1 saturated carbocycles. The second kappa shape index (κ2) is 8.22. The summed E-state index contributed by atoms with van der Waals surface area (Å²) in [4.78, 5) is 16.3. The van der Waals surface area contributed by atoms with Crippen molar-refractivity contribution in [3.63, 3.8) is 0 Å². The molecule has 4 heteroatoms. The number of ketones is 1. The average Bonchev–Trinajstić information content (AvgIpc) is 3.42. The van der Waals surface area contributed by atoms with Gasteiger partial charge in [0.2, 0.25) is 5.78 Å². The lowest BCUT2D eigenvalue weighted by Gasteiger charge is -2.09. The smallest absolute Gasteiger partial charge is 0.210 e. The fourth-order valence-corrected chi connectivity index (χ4v) is 3.85. The van der Waals surface area contributed by atoms with Crippen molar-refractivity contribution in [3.05, 3.63) is 58.9 Å². The van der Waals surface area contributed by atoms with Crippen molar-refractivity contribution in [1.82, 2.24) is 10.3 Å². The number of allylic oxidation sites excluding steroid dienone is 3. The number of H-pyrrole nitrogens is 1. The molecule has 138 valence electrons. The van der Waals surface area contributed by atoms with Gasteiger partial charge >= 0.3 is 0 Å². The lowest BCUT2D eigenvalue weighted by molar-refractivity contribution is 0.103. The molecule has 1 aromatic heterocycles. The summed E-state index contributed by atoms with van der Waals surface area (Å²) >= 11 is 0. The van der Waals surface area contributed by atoms with Crippen LogP contribution in [-0.4, -0.2) is 24.0 Å². The minimum atomic E-state index is 0.00174. The summed E-state index contributed by atoms with van der Waals surface area (Å²) in [5.74, 6) is 0.717. The number of benzene rings is 1. The lowest BCUT2D eigenvalue weighted by atomic mass is 9.97. The third-order valence-electron chi connectivity index (χ3n) is 5.22. The van der Waals surface area contributed by atoms with Crippen molar-refractivity contribution >= 4 is 25.9 Å². The van der Waals surface area contributed by atoms with Crippen molar-refractivity contribution in [1.29, 1.82) is 0 Å². The highest BCUT2D eigenvalue weighted by molar-refractivity contribution is 7.16. The highest BCUT2D eigenvalue weighted by atomic mass is 31.0. The molecule has 0 amide bonds. The summed E-state index contributed by atoms with van der Waals surface area (Å²) in [6.45, 7) is 5.87. The molecule has 3 rings (SSSR count). The molecule has 1 aromatic carbocycles. The van der Waals surface area contributed by atoms with Gasteiger partial charge in [-0.3, -0.25) is 4.79 Å². The van der Waals surface area contributed by atoms with E-state index in [2.05, 4.69) is 38.3 Å². The number of Topliss-reactive ketones (excluding diaryl/α,β-unsaturated/α-hetero) is 1. The van der Waals surface area contributed by atoms with Crippen LogP contribution in [0, 0.1) is 0 Å². The van der Waals surface area contributed by atoms with Gasteiger partial charge < -0.3 is 10.3 Å². The summed E-state index contributed by atoms with van der Waals surface area (Å²) in [5, 5.41) is 4.26. The summed E-state index contributed by atoms with van der Waals surface area (Å²) in [5.41, 5.74) is 6.18. The fourth-order valence-electron chi connectivity index (χ4n) is 3.65. The maximum atomic E-state index is 13.0. The first-order valence-corrected chi connectivity index (χ1v) is 10.4. The van der Waals surface area contributed by atoms with Gasteiger partial charge in [-0.05, 0) is 73.5 Å². The quantitative estimate of drug-likeness (QED) is 0.280. The van der Waals surface area contributed by atoms with Gasteiger partial charge in [-0.1, -0.05) is 19.6 Å². The first kappa shape index (κ1) is 18.9. The molecular weight excluding hydrogens is 339 g/mol. The van der Waals surface area contributed by atoms with Gasteiger partial charge in [0.05, 0.1) is 5.69 Å². The Morgan fingerprint density at radius 2 is 2.15 bits per heavy atom. The van der Waals surface area contributed by atoms with Crippen molar-refractivity contribution < 1.29 is 4.79 Å². The van der Waals surface area contributed by atoms with Crippen LogP contribution in [0.5, 0.6) is 0 Å². The van der Waals surface area contributed by atoms with Crippen molar-refractivity contribution in [2.24, 2.45) is 0 Å². The van der Waals surface area contributed by atoms with E-state index in [0.29, 0.717) is 17.2 Å². The number of hydrogen-bond donors (Lipinski definition) is 2. The van der Waals surface area contributed by atoms with E-state index in [9.17, 15) is 4.79 Å². The van der Waals surface area contributed by atoms with E-state index < -0.39 is 0 Å². The molecule has 0 bridgehead atoms. The van der Waals surface area contributed by atoms with Crippen LogP contribution < -0.4 is 5.32 Å². The summed E-state index contributed by atoms with van der Waals surface area (Å²) in [6, 6.07) is 6.56. The van der Waals surface area contributed by atoms with Gasteiger partial charge in [0, 0.05) is 29.2 Å². The fraction of sp³-hybridized carbons (Fsp3) is 0.409. The first-order chi connectivity index (χ1) is 12.6. The number of fused-ring (bicyclic) bond motifs is 1. The minimum absolute atomic E-state index is 0.00174. The lowest BCUT2D eigenvalue weighted by Crippen LogP contribution is -2.13. The largest absolute Gasteiger partial charge is 0.391 e. The highest BCUT2D eigenvalue weighted by Crippen LogP contribution is 2.43. The minimum Gasteiger partial charge on any atom is -0.391 e. The zero-order chi connectivity index (χ0) is 18.7. The number of rotatable bonds is 9. The highest BCUT2D eigenvalue weighted by Gasteiger charge is 2.26. The average molecular weight is 368 g/mol. The second-order valence-electron chi connectivity index (χ2n) is 7.02. The van der Waals surface area contributed by atoms with E-state index in [4.69, 9.17) is 0 Å². The standard InChI is InChI=1S/C22H29N2OP/c1-4-17(19(5-2)23-3)22(25)21-13-16-11-18(14-8-9-14)15(7-6-10-26)12-20(16)24-21/h4,11-14,23-24H,1,5-10,26H2,2-3H3/b19-17-. The third-order valence-corrected chi connectivity index (χ3v) is 5.63. The van der Waals surface area contributed by atoms with Crippen LogP contribution in [0.4, 0.5) is 0 Å². The van der Waals surface area contributed by atoms with Crippen LogP contribution >= 0.6 is 9.24 Å². The molecule has 0 radical (unpaired) electrons. The summed E-state index contributed by atoms with van der Waals surface area (Å²) in [6.07, 6.45) is 8.41. The van der Waals surface area contributed by atoms with E-state index in [1.54, 1.807) is 6.08 Å². The zero-order valence-corrected chi connectivity index (χ0v) is 17.0. The Balaban J connectivity index is 2.02. The number of aromatic nitrogens is 1. The number of carbonyl (C=O) groups is 1. The summed E-state index contributed by atoms with van der Waals surface area (Å²) in [7, 11) is 4.66. The van der Waals surface area contributed by atoms with Gasteiger partial charge in [-0.25, -0.2) is 0 Å². The molecule has 1 aliphatic rings. The molecule has 1 fully saturated rings. The maximum absolute atomic E-state index is 13.0. The van der Waals surface area contributed by atoms with Crippen molar-refractivity contribution in [2.45, 2.75) is 44.9 Å². The molecule has 0 saturated heterocycles. The first-order valence-electron chi connectivity index (χ1n) is 9.56. The number of carbonyl (C=O) groups excluding carboxylic acids is 1. The van der Waals surface area contributed by atoms with Gasteiger partial charge in [0.1, 0.15) is 0 Å². The van der Waals surface area contributed by atoms with Crippen LogP contribution in [0.2, 0.25) is 0 Å². The van der Waals surface area contributed by atoms with E-state index in [-0.39, 0.29) is 5.78 Å². The molecule has 0 aliphatic heterocycles. The molecule has 26 heavy (non-hydrogen) atoms. The van der Waals surface area contributed by atoms with Crippen LogP contribution in [0.15, 0.2) is 42.1 Å². The molecule has 0 spiro atoms. The topological polar surface area (TPSA) is 44.9 Å². The predicted molar refractivity (Wildman–Crippen MR) is 114 cm³/mol. The van der Waals surface area contributed by atoms with Crippen LogP contribution in [0.25, 0.3) is 10.9 Å². The zero-order valence-electron chi connectivity index (χ0n) is 15.8. The third kappa shape index (κ3) is 3.78. The van der Waals surface area contributed by atoms with E-state index in [1.165, 1.54) is 30.4 Å². The van der Waals surface area contributed by atoms with Gasteiger partial charge in [0.15, 0.2) is 0 Å². The van der Waals surface area contributed by atoms with E-state index in [1.807, 2.05) is 20.0 Å². The Kier molecular flexibility index (Phi) is 5.98. The Morgan fingerprint density at radius 3 is 2.73 bits per heavy atom. The molecule has 1 atom stereocenters. The summed E-state index contributed by atoms with van der Waals surface area (Å²) < 4.78 is 0. The van der Waals surface area contributed by atoms with Crippen LogP contribution in [0.3, 0.4) is 0 Å². The van der Waals surface area contributed by atoms with Gasteiger partial charge in [0.25, 0.3) is 0 Å². The second-order valence-corrected chi connectivity index (χ2v) is 7.59. The molecule has 1 aliphatic carbocycles. The molecular formula is C22H29N2OP. The molecule has 3 nitrogen and oxygen atoms in total. The monoisotopic (exact) mass is 368 g/mol. The molecule has 2 aromatic rings. The Bertz CT molecular complexity index is 852. The Morgan fingerprint density at radius 1 is 1.38 bits per heavy atom. The molecule has 2 N–H and O–H groups in total. The Labute approximate surface area is 158 Å². The van der Waals surface area contributed by atoms with Crippen molar-refractivity contribution in [2.75, 3.05) is 13.2 Å². The normalized spacial score (nSPS) is 15.0. The molecule has 1 heterocycles. The number of aromatic amines is 1.